The monoisotopic (exact) mass is 304 g/mol. The highest BCUT2D eigenvalue weighted by molar-refractivity contribution is 14.1. The Balaban J connectivity index is 2.85. The van der Waals surface area contributed by atoms with Gasteiger partial charge < -0.3 is 4.74 Å². The Hall–Kier alpha value is -0.290. The molecule has 0 saturated carbocycles. The fourth-order valence-electron chi connectivity index (χ4n) is 1.39. The molecule has 1 heterocycles. The molecule has 0 fully saturated rings. The first-order valence-electron chi connectivity index (χ1n) is 3.94. The van der Waals surface area contributed by atoms with Gasteiger partial charge in [-0.1, -0.05) is 0 Å². The van der Waals surface area contributed by atoms with Crippen LogP contribution in [0.1, 0.15) is 5.56 Å². The van der Waals surface area contributed by atoms with Gasteiger partial charge in [0.05, 0.1) is 15.4 Å². The molecule has 68 valence electrons. The Morgan fingerprint density at radius 1 is 1.46 bits per heavy atom. The van der Waals surface area contributed by atoms with Crippen molar-refractivity contribution in [3.63, 3.8) is 0 Å². The van der Waals surface area contributed by atoms with E-state index in [2.05, 4.69) is 47.0 Å². The van der Waals surface area contributed by atoms with Crippen molar-refractivity contribution in [1.29, 1.82) is 0 Å². The summed E-state index contributed by atoms with van der Waals surface area (Å²) in [5.41, 5.74) is 1.29. The maximum absolute atomic E-state index is 5.30. The number of halogens is 1. The maximum Gasteiger partial charge on any atom is 0.133 e. The lowest BCUT2D eigenvalue weighted by molar-refractivity contribution is 0.412. The lowest BCUT2D eigenvalue weighted by Gasteiger charge is -2.06. The topological polar surface area (TPSA) is 9.23 Å². The molecule has 2 rings (SSSR count). The van der Waals surface area contributed by atoms with Gasteiger partial charge in [0.2, 0.25) is 0 Å². The SMILES string of the molecule is COc1cc(C)c2ccsc2c1I. The molecule has 1 aromatic carbocycles. The fourth-order valence-corrected chi connectivity index (χ4v) is 3.34. The Labute approximate surface area is 94.9 Å². The van der Waals surface area contributed by atoms with Crippen molar-refractivity contribution in [1.82, 2.24) is 0 Å². The van der Waals surface area contributed by atoms with Crippen LogP contribution < -0.4 is 4.74 Å². The highest BCUT2D eigenvalue weighted by Gasteiger charge is 2.08. The maximum atomic E-state index is 5.30. The second kappa shape index (κ2) is 3.46. The van der Waals surface area contributed by atoms with E-state index in [1.807, 2.05) is 0 Å². The largest absolute Gasteiger partial charge is 0.496 e. The van der Waals surface area contributed by atoms with Crippen molar-refractivity contribution in [2.75, 3.05) is 7.11 Å². The van der Waals surface area contributed by atoms with Gasteiger partial charge in [0, 0.05) is 0 Å². The summed E-state index contributed by atoms with van der Waals surface area (Å²) in [6.07, 6.45) is 0. The van der Waals surface area contributed by atoms with Crippen LogP contribution in [0.3, 0.4) is 0 Å². The summed E-state index contributed by atoms with van der Waals surface area (Å²) in [7, 11) is 1.72. The molecular weight excluding hydrogens is 295 g/mol. The first-order chi connectivity index (χ1) is 6.24. The van der Waals surface area contributed by atoms with Crippen LogP contribution in [0.2, 0.25) is 0 Å². The van der Waals surface area contributed by atoms with Gasteiger partial charge in [0.15, 0.2) is 0 Å². The third kappa shape index (κ3) is 1.44. The summed E-state index contributed by atoms with van der Waals surface area (Å²) < 4.78 is 7.85. The van der Waals surface area contributed by atoms with Crippen LogP contribution in [0.4, 0.5) is 0 Å². The number of aryl methyl sites for hydroxylation is 1. The minimum atomic E-state index is 0.980. The number of methoxy groups -OCH3 is 1. The number of hydrogen-bond acceptors (Lipinski definition) is 2. The molecule has 0 atom stereocenters. The zero-order valence-corrected chi connectivity index (χ0v) is 10.4. The smallest absolute Gasteiger partial charge is 0.133 e. The van der Waals surface area contributed by atoms with E-state index in [0.29, 0.717) is 0 Å². The molecule has 0 amide bonds. The molecule has 0 bridgehead atoms. The van der Waals surface area contributed by atoms with Crippen molar-refractivity contribution < 1.29 is 4.74 Å². The summed E-state index contributed by atoms with van der Waals surface area (Å²) in [6.45, 7) is 2.12. The Kier molecular flexibility index (Phi) is 2.47. The zero-order chi connectivity index (χ0) is 9.42. The summed E-state index contributed by atoms with van der Waals surface area (Å²) in [4.78, 5) is 0. The molecule has 0 N–H and O–H groups in total. The minimum Gasteiger partial charge on any atom is -0.496 e. The van der Waals surface area contributed by atoms with Gasteiger partial charge in [-0.15, -0.1) is 11.3 Å². The van der Waals surface area contributed by atoms with Gasteiger partial charge in [0.1, 0.15) is 5.75 Å². The Morgan fingerprint density at radius 2 is 2.23 bits per heavy atom. The van der Waals surface area contributed by atoms with E-state index in [9.17, 15) is 0 Å². The molecule has 1 aromatic heterocycles. The molecule has 13 heavy (non-hydrogen) atoms. The minimum absolute atomic E-state index is 0.980. The molecule has 0 aliphatic heterocycles. The van der Waals surface area contributed by atoms with Crippen LogP contribution in [-0.4, -0.2) is 7.11 Å². The second-order valence-electron chi connectivity index (χ2n) is 2.87. The molecule has 0 aliphatic rings. The number of fused-ring (bicyclic) bond motifs is 1. The molecule has 1 nitrogen and oxygen atoms in total. The Morgan fingerprint density at radius 3 is 2.92 bits per heavy atom. The summed E-state index contributed by atoms with van der Waals surface area (Å²) >= 11 is 4.11. The van der Waals surface area contributed by atoms with Crippen LogP contribution in [0, 0.1) is 10.5 Å². The second-order valence-corrected chi connectivity index (χ2v) is 4.87. The van der Waals surface area contributed by atoms with E-state index in [0.717, 1.165) is 5.75 Å². The predicted molar refractivity (Wildman–Crippen MR) is 65.8 cm³/mol. The first-order valence-corrected chi connectivity index (χ1v) is 5.90. The van der Waals surface area contributed by atoms with Crippen molar-refractivity contribution in [2.24, 2.45) is 0 Å². The molecule has 0 unspecified atom stereocenters. The van der Waals surface area contributed by atoms with E-state index in [1.54, 1.807) is 18.4 Å². The van der Waals surface area contributed by atoms with Crippen molar-refractivity contribution in [3.05, 3.63) is 26.6 Å². The number of benzene rings is 1. The average molecular weight is 304 g/mol. The van der Waals surface area contributed by atoms with Gasteiger partial charge in [-0.3, -0.25) is 0 Å². The van der Waals surface area contributed by atoms with Crippen molar-refractivity contribution >= 4 is 44.0 Å². The van der Waals surface area contributed by atoms with E-state index in [4.69, 9.17) is 4.74 Å². The van der Waals surface area contributed by atoms with E-state index >= 15 is 0 Å². The summed E-state index contributed by atoms with van der Waals surface area (Å²) in [6, 6.07) is 4.26. The number of rotatable bonds is 1. The molecule has 2 aromatic rings. The zero-order valence-electron chi connectivity index (χ0n) is 7.43. The molecule has 3 heteroatoms. The number of hydrogen-bond donors (Lipinski definition) is 0. The highest BCUT2D eigenvalue weighted by atomic mass is 127. The highest BCUT2D eigenvalue weighted by Crippen LogP contribution is 2.35. The summed E-state index contributed by atoms with van der Waals surface area (Å²) in [5, 5.41) is 3.47. The van der Waals surface area contributed by atoms with Crippen LogP contribution in [-0.2, 0) is 0 Å². The molecular formula is C10H9IOS. The van der Waals surface area contributed by atoms with Gasteiger partial charge in [-0.25, -0.2) is 0 Å². The van der Waals surface area contributed by atoms with Crippen LogP contribution in [0.25, 0.3) is 10.1 Å². The molecule has 0 aliphatic carbocycles. The lowest BCUT2D eigenvalue weighted by atomic mass is 10.1. The van der Waals surface area contributed by atoms with Crippen molar-refractivity contribution in [3.8, 4) is 5.75 Å². The average Bonchev–Trinajstić information content (AvgIpc) is 2.60. The number of ether oxygens (including phenoxy) is 1. The van der Waals surface area contributed by atoms with Crippen LogP contribution in [0.5, 0.6) is 5.75 Å². The number of thiophene rings is 1. The van der Waals surface area contributed by atoms with Crippen molar-refractivity contribution in [2.45, 2.75) is 6.92 Å². The van der Waals surface area contributed by atoms with Gasteiger partial charge in [-0.05, 0) is 58.0 Å². The standard InChI is InChI=1S/C10H9IOS/c1-6-5-8(12-2)9(11)10-7(6)3-4-13-10/h3-5H,1-2H3. The lowest BCUT2D eigenvalue weighted by Crippen LogP contribution is -1.88. The third-order valence-electron chi connectivity index (χ3n) is 2.07. The predicted octanol–water partition coefficient (Wildman–Crippen LogP) is 3.82. The van der Waals surface area contributed by atoms with Gasteiger partial charge in [-0.2, -0.15) is 0 Å². The quantitative estimate of drug-likeness (QED) is 0.728. The van der Waals surface area contributed by atoms with E-state index in [-0.39, 0.29) is 0 Å². The van der Waals surface area contributed by atoms with Crippen LogP contribution in [0.15, 0.2) is 17.5 Å². The van der Waals surface area contributed by atoms with E-state index in [1.165, 1.54) is 19.2 Å². The molecule has 0 spiro atoms. The fraction of sp³-hybridized carbons (Fsp3) is 0.200. The molecule has 0 radical (unpaired) electrons. The van der Waals surface area contributed by atoms with Crippen LogP contribution >= 0.6 is 33.9 Å². The van der Waals surface area contributed by atoms with E-state index < -0.39 is 0 Å². The third-order valence-corrected chi connectivity index (χ3v) is 4.44. The first kappa shape index (κ1) is 9.27. The Bertz CT molecular complexity index is 447. The van der Waals surface area contributed by atoms with Gasteiger partial charge in [0.25, 0.3) is 0 Å². The van der Waals surface area contributed by atoms with Gasteiger partial charge >= 0.3 is 0 Å². The summed E-state index contributed by atoms with van der Waals surface area (Å²) in [5.74, 6) is 0.980. The molecule has 0 saturated heterocycles. The normalized spacial score (nSPS) is 10.7.